The fraction of sp³-hybridized carbons (Fsp3) is 0.550. The standard InChI is InChI=1S/C20H23F5N6/c1-30-7-3-13(4-8-30)15-11-17(28-16-10-14(2-6-26-16)20(23,24)25)29-18(27-15)31-9-5-19(21,22)12-31/h2,6,10-11,13H,3-5,7-9,12H2,1H3,(H,26,27,28,29). The molecule has 2 fully saturated rings. The fourth-order valence-electron chi connectivity index (χ4n) is 3.88. The quantitative estimate of drug-likeness (QED) is 0.713. The SMILES string of the molecule is CN1CCC(c2cc(Nc3cc(C(F)(F)F)ccn3)nc(N3CCC(F)(F)C3)n2)CC1. The molecule has 6 nitrogen and oxygen atoms in total. The lowest BCUT2D eigenvalue weighted by Crippen LogP contribution is -2.30. The third-order valence-corrected chi connectivity index (χ3v) is 5.67. The van der Waals surface area contributed by atoms with Gasteiger partial charge in [-0.1, -0.05) is 0 Å². The maximum absolute atomic E-state index is 13.7. The van der Waals surface area contributed by atoms with E-state index in [1.165, 1.54) is 4.90 Å². The minimum absolute atomic E-state index is 0.0273. The summed E-state index contributed by atoms with van der Waals surface area (Å²) in [5, 5.41) is 2.80. The molecule has 0 aliphatic carbocycles. The van der Waals surface area contributed by atoms with Gasteiger partial charge < -0.3 is 15.1 Å². The van der Waals surface area contributed by atoms with E-state index in [9.17, 15) is 22.0 Å². The van der Waals surface area contributed by atoms with Gasteiger partial charge in [-0.3, -0.25) is 0 Å². The average Bonchev–Trinajstić information content (AvgIpc) is 3.08. The Morgan fingerprint density at radius 1 is 1.06 bits per heavy atom. The van der Waals surface area contributed by atoms with Gasteiger partial charge in [0.1, 0.15) is 11.6 Å². The lowest BCUT2D eigenvalue weighted by atomic mass is 9.93. The Morgan fingerprint density at radius 3 is 2.45 bits per heavy atom. The van der Waals surface area contributed by atoms with E-state index in [2.05, 4.69) is 25.2 Å². The van der Waals surface area contributed by atoms with E-state index in [1.807, 2.05) is 7.05 Å². The Kier molecular flexibility index (Phi) is 5.71. The molecule has 1 N–H and O–H groups in total. The van der Waals surface area contributed by atoms with Gasteiger partial charge in [0.2, 0.25) is 5.95 Å². The second kappa shape index (κ2) is 8.18. The van der Waals surface area contributed by atoms with E-state index in [0.717, 1.165) is 44.3 Å². The summed E-state index contributed by atoms with van der Waals surface area (Å²) in [5.74, 6) is -2.33. The lowest BCUT2D eigenvalue weighted by molar-refractivity contribution is -0.137. The molecular formula is C20H23F5N6. The highest BCUT2D eigenvalue weighted by atomic mass is 19.4. The van der Waals surface area contributed by atoms with Crippen molar-refractivity contribution in [3.8, 4) is 0 Å². The molecule has 2 saturated heterocycles. The van der Waals surface area contributed by atoms with Gasteiger partial charge in [0, 0.05) is 31.1 Å². The monoisotopic (exact) mass is 442 g/mol. The van der Waals surface area contributed by atoms with Gasteiger partial charge in [0.15, 0.2) is 0 Å². The van der Waals surface area contributed by atoms with Gasteiger partial charge in [-0.05, 0) is 45.1 Å². The van der Waals surface area contributed by atoms with E-state index >= 15 is 0 Å². The number of anilines is 3. The van der Waals surface area contributed by atoms with Crippen molar-refractivity contribution in [1.82, 2.24) is 19.9 Å². The zero-order chi connectivity index (χ0) is 22.2. The maximum atomic E-state index is 13.7. The molecule has 11 heteroatoms. The van der Waals surface area contributed by atoms with Crippen LogP contribution < -0.4 is 10.2 Å². The van der Waals surface area contributed by atoms with E-state index < -0.39 is 24.2 Å². The highest BCUT2D eigenvalue weighted by Crippen LogP contribution is 2.34. The topological polar surface area (TPSA) is 57.2 Å². The number of piperidine rings is 1. The number of hydrogen-bond acceptors (Lipinski definition) is 6. The minimum Gasteiger partial charge on any atom is -0.334 e. The van der Waals surface area contributed by atoms with Gasteiger partial charge in [0.25, 0.3) is 5.92 Å². The highest BCUT2D eigenvalue weighted by molar-refractivity contribution is 5.55. The molecule has 0 spiro atoms. The smallest absolute Gasteiger partial charge is 0.334 e. The van der Waals surface area contributed by atoms with Crippen LogP contribution in [0.1, 0.15) is 36.4 Å². The van der Waals surface area contributed by atoms with E-state index in [4.69, 9.17) is 0 Å². The van der Waals surface area contributed by atoms with Crippen molar-refractivity contribution in [2.45, 2.75) is 37.3 Å². The summed E-state index contributed by atoms with van der Waals surface area (Å²) in [7, 11) is 2.03. The summed E-state index contributed by atoms with van der Waals surface area (Å²) in [6, 6.07) is 3.45. The Balaban J connectivity index is 1.65. The van der Waals surface area contributed by atoms with Gasteiger partial charge in [0.05, 0.1) is 17.8 Å². The molecule has 0 aromatic carbocycles. The molecule has 2 aromatic heterocycles. The number of alkyl halides is 5. The van der Waals surface area contributed by atoms with Gasteiger partial charge in [-0.25, -0.2) is 18.7 Å². The second-order valence-corrected chi connectivity index (χ2v) is 8.14. The van der Waals surface area contributed by atoms with Crippen LogP contribution in [0.3, 0.4) is 0 Å². The molecule has 0 radical (unpaired) electrons. The normalized spacial score (nSPS) is 20.3. The van der Waals surface area contributed by atoms with E-state index in [0.29, 0.717) is 5.69 Å². The molecule has 0 saturated carbocycles. The first-order chi connectivity index (χ1) is 14.6. The minimum atomic E-state index is -4.50. The van der Waals surface area contributed by atoms with Crippen molar-refractivity contribution in [2.24, 2.45) is 0 Å². The summed E-state index contributed by atoms with van der Waals surface area (Å²) < 4.78 is 66.6. The number of nitrogens with zero attached hydrogens (tertiary/aromatic N) is 5. The average molecular weight is 442 g/mol. The zero-order valence-corrected chi connectivity index (χ0v) is 17.0. The van der Waals surface area contributed by atoms with Crippen molar-refractivity contribution in [2.75, 3.05) is 43.4 Å². The van der Waals surface area contributed by atoms with Crippen LogP contribution >= 0.6 is 0 Å². The molecule has 0 amide bonds. The van der Waals surface area contributed by atoms with E-state index in [-0.39, 0.29) is 36.5 Å². The predicted octanol–water partition coefficient (Wildman–Crippen LogP) is 4.29. The number of hydrogen-bond donors (Lipinski definition) is 1. The Morgan fingerprint density at radius 2 is 1.81 bits per heavy atom. The highest BCUT2D eigenvalue weighted by Gasteiger charge is 2.39. The zero-order valence-electron chi connectivity index (χ0n) is 17.0. The number of halogens is 5. The van der Waals surface area contributed by atoms with Gasteiger partial charge in [-0.2, -0.15) is 18.2 Å². The summed E-state index contributed by atoms with van der Waals surface area (Å²) in [5.41, 5.74) is -0.142. The first-order valence-corrected chi connectivity index (χ1v) is 10.1. The largest absolute Gasteiger partial charge is 0.416 e. The third-order valence-electron chi connectivity index (χ3n) is 5.67. The van der Waals surface area contributed by atoms with Crippen molar-refractivity contribution in [3.05, 3.63) is 35.7 Å². The molecule has 4 heterocycles. The number of rotatable bonds is 4. The lowest BCUT2D eigenvalue weighted by Gasteiger charge is -2.29. The van der Waals surface area contributed by atoms with Crippen LogP contribution in [0.5, 0.6) is 0 Å². The van der Waals surface area contributed by atoms with Crippen LogP contribution in [-0.4, -0.2) is 59.0 Å². The number of aromatic nitrogens is 3. The predicted molar refractivity (Wildman–Crippen MR) is 106 cm³/mol. The van der Waals surface area contributed by atoms with Crippen LogP contribution in [0.25, 0.3) is 0 Å². The van der Waals surface area contributed by atoms with Crippen LogP contribution in [-0.2, 0) is 6.18 Å². The fourth-order valence-corrected chi connectivity index (χ4v) is 3.88. The van der Waals surface area contributed by atoms with Crippen molar-refractivity contribution in [1.29, 1.82) is 0 Å². The summed E-state index contributed by atoms with van der Waals surface area (Å²) in [6.45, 7) is 1.39. The first kappa shape index (κ1) is 21.7. The van der Waals surface area contributed by atoms with Crippen LogP contribution in [0.4, 0.5) is 39.5 Å². The van der Waals surface area contributed by atoms with Crippen LogP contribution in [0.2, 0.25) is 0 Å². The molecule has 2 aliphatic rings. The van der Waals surface area contributed by atoms with Gasteiger partial charge in [-0.15, -0.1) is 0 Å². The number of likely N-dealkylation sites (tertiary alicyclic amines) is 1. The Labute approximate surface area is 176 Å². The third kappa shape index (κ3) is 5.20. The van der Waals surface area contributed by atoms with Crippen molar-refractivity contribution >= 4 is 17.6 Å². The number of pyridine rings is 1. The van der Waals surface area contributed by atoms with Gasteiger partial charge >= 0.3 is 6.18 Å². The molecule has 168 valence electrons. The summed E-state index contributed by atoms with van der Waals surface area (Å²) >= 11 is 0. The van der Waals surface area contributed by atoms with E-state index in [1.54, 1.807) is 6.07 Å². The van der Waals surface area contributed by atoms with Crippen molar-refractivity contribution in [3.63, 3.8) is 0 Å². The van der Waals surface area contributed by atoms with Crippen LogP contribution in [0.15, 0.2) is 24.4 Å². The maximum Gasteiger partial charge on any atom is 0.416 e. The van der Waals surface area contributed by atoms with Crippen LogP contribution in [0, 0.1) is 0 Å². The molecule has 4 rings (SSSR count). The second-order valence-electron chi connectivity index (χ2n) is 8.14. The Hall–Kier alpha value is -2.56. The molecule has 0 atom stereocenters. The summed E-state index contributed by atoms with van der Waals surface area (Å²) in [6.07, 6.45) is -2.02. The molecule has 2 aromatic rings. The first-order valence-electron chi connectivity index (χ1n) is 10.1. The molecular weight excluding hydrogens is 419 g/mol. The summed E-state index contributed by atoms with van der Waals surface area (Å²) in [4.78, 5) is 16.4. The Bertz CT molecular complexity index is 927. The molecule has 0 unspecified atom stereocenters. The molecule has 0 bridgehead atoms. The molecule has 31 heavy (non-hydrogen) atoms. The molecule has 2 aliphatic heterocycles. The van der Waals surface area contributed by atoms with Crippen molar-refractivity contribution < 1.29 is 22.0 Å². The number of nitrogens with one attached hydrogen (secondary N) is 1.